The summed E-state index contributed by atoms with van der Waals surface area (Å²) in [6, 6.07) is 13.8. The van der Waals surface area contributed by atoms with Crippen molar-refractivity contribution in [1.82, 2.24) is 0 Å². The van der Waals surface area contributed by atoms with E-state index in [2.05, 4.69) is 38.6 Å². The van der Waals surface area contributed by atoms with Gasteiger partial charge in [-0.15, -0.1) is 6.58 Å². The molecular weight excluding hydrogens is 320 g/mol. The molecule has 0 heterocycles. The summed E-state index contributed by atoms with van der Waals surface area (Å²) in [7, 11) is 0. The Labute approximate surface area is 157 Å². The summed E-state index contributed by atoms with van der Waals surface area (Å²) < 4.78 is 0. The Hall–Kier alpha value is -2.48. The van der Waals surface area contributed by atoms with Gasteiger partial charge in [0, 0.05) is 5.56 Å². The van der Waals surface area contributed by atoms with Crippen molar-refractivity contribution in [2.24, 2.45) is 0 Å². The number of phenols is 2. The third-order valence-electron chi connectivity index (χ3n) is 4.64. The van der Waals surface area contributed by atoms with Gasteiger partial charge in [0.25, 0.3) is 0 Å². The molecule has 0 aliphatic carbocycles. The normalized spacial score (nSPS) is 11.5. The first-order chi connectivity index (χ1) is 12.5. The van der Waals surface area contributed by atoms with Crippen molar-refractivity contribution >= 4 is 0 Å². The molecule has 0 amide bonds. The molecule has 2 aromatic rings. The van der Waals surface area contributed by atoms with Gasteiger partial charge >= 0.3 is 0 Å². The number of benzene rings is 2. The summed E-state index contributed by atoms with van der Waals surface area (Å²) in [5.74, 6) is 0.359. The molecular formula is C24H30O2. The van der Waals surface area contributed by atoms with E-state index in [4.69, 9.17) is 0 Å². The van der Waals surface area contributed by atoms with E-state index in [1.807, 2.05) is 18.2 Å². The molecule has 0 aliphatic heterocycles. The van der Waals surface area contributed by atoms with Crippen molar-refractivity contribution in [3.05, 3.63) is 83.0 Å². The quantitative estimate of drug-likeness (QED) is 0.535. The van der Waals surface area contributed by atoms with Gasteiger partial charge in [0.05, 0.1) is 0 Å². The minimum absolute atomic E-state index is 0.180. The van der Waals surface area contributed by atoms with E-state index in [-0.39, 0.29) is 11.5 Å². The second-order valence-corrected chi connectivity index (χ2v) is 7.16. The average Bonchev–Trinajstić information content (AvgIpc) is 2.60. The third-order valence-corrected chi connectivity index (χ3v) is 4.64. The van der Waals surface area contributed by atoms with E-state index in [1.165, 1.54) is 16.7 Å². The zero-order valence-electron chi connectivity index (χ0n) is 16.0. The number of hydrogen-bond acceptors (Lipinski definition) is 2. The molecule has 0 saturated carbocycles. The number of rotatable bonds is 9. The first-order valence-electron chi connectivity index (χ1n) is 9.33. The van der Waals surface area contributed by atoms with Gasteiger partial charge in [0.2, 0.25) is 0 Å². The fourth-order valence-electron chi connectivity index (χ4n) is 3.03. The van der Waals surface area contributed by atoms with Crippen molar-refractivity contribution in [2.45, 2.75) is 52.4 Å². The molecule has 0 unspecified atom stereocenters. The lowest BCUT2D eigenvalue weighted by Gasteiger charge is -2.10. The largest absolute Gasteiger partial charge is 0.508 e. The average molecular weight is 351 g/mol. The summed E-state index contributed by atoms with van der Waals surface area (Å²) in [6.07, 6.45) is 7.48. The van der Waals surface area contributed by atoms with Crippen LogP contribution in [0, 0.1) is 0 Å². The van der Waals surface area contributed by atoms with E-state index in [9.17, 15) is 10.2 Å². The highest BCUT2D eigenvalue weighted by atomic mass is 16.3. The van der Waals surface area contributed by atoms with Crippen LogP contribution in [-0.4, -0.2) is 10.2 Å². The lowest BCUT2D eigenvalue weighted by Crippen LogP contribution is -1.94. The van der Waals surface area contributed by atoms with Crippen LogP contribution in [0.1, 0.15) is 49.8 Å². The van der Waals surface area contributed by atoms with Crippen molar-refractivity contribution in [3.8, 4) is 11.5 Å². The maximum Gasteiger partial charge on any atom is 0.123 e. The van der Waals surface area contributed by atoms with Gasteiger partial charge in [-0.1, -0.05) is 47.6 Å². The highest BCUT2D eigenvalue weighted by Crippen LogP contribution is 2.30. The fourth-order valence-corrected chi connectivity index (χ4v) is 3.03. The smallest absolute Gasteiger partial charge is 0.123 e. The molecule has 0 spiro atoms. The Morgan fingerprint density at radius 1 is 0.923 bits per heavy atom. The fraction of sp³-hybridized carbons (Fsp3) is 0.333. The maximum atomic E-state index is 10.3. The zero-order chi connectivity index (χ0) is 18.9. The van der Waals surface area contributed by atoms with Gasteiger partial charge in [-0.05, 0) is 75.6 Å². The van der Waals surface area contributed by atoms with E-state index in [0.717, 1.165) is 37.7 Å². The minimum atomic E-state index is 0.180. The lowest BCUT2D eigenvalue weighted by molar-refractivity contribution is 0.439. The second-order valence-electron chi connectivity index (χ2n) is 7.16. The summed E-state index contributed by atoms with van der Waals surface area (Å²) in [5.41, 5.74) is 5.30. The predicted octanol–water partition coefficient (Wildman–Crippen LogP) is 6.12. The molecule has 138 valence electrons. The van der Waals surface area contributed by atoms with Gasteiger partial charge in [0.15, 0.2) is 0 Å². The zero-order valence-corrected chi connectivity index (χ0v) is 16.0. The summed E-state index contributed by atoms with van der Waals surface area (Å²) in [6.45, 7) is 8.07. The Morgan fingerprint density at radius 2 is 1.54 bits per heavy atom. The summed E-state index contributed by atoms with van der Waals surface area (Å²) >= 11 is 0. The molecule has 0 bridgehead atoms. The third kappa shape index (κ3) is 6.44. The van der Waals surface area contributed by atoms with Crippen LogP contribution < -0.4 is 0 Å². The van der Waals surface area contributed by atoms with Crippen molar-refractivity contribution in [3.63, 3.8) is 0 Å². The Kier molecular flexibility index (Phi) is 7.53. The molecule has 0 fully saturated rings. The van der Waals surface area contributed by atoms with Crippen LogP contribution in [0.4, 0.5) is 0 Å². The molecule has 0 saturated heterocycles. The van der Waals surface area contributed by atoms with Gasteiger partial charge < -0.3 is 10.2 Å². The number of hydrogen-bond donors (Lipinski definition) is 2. The molecule has 26 heavy (non-hydrogen) atoms. The number of aromatic hydroxyl groups is 2. The van der Waals surface area contributed by atoms with Gasteiger partial charge in [-0.25, -0.2) is 0 Å². The predicted molar refractivity (Wildman–Crippen MR) is 110 cm³/mol. The molecule has 0 aliphatic rings. The van der Waals surface area contributed by atoms with E-state index < -0.39 is 0 Å². The van der Waals surface area contributed by atoms with Crippen molar-refractivity contribution < 1.29 is 10.2 Å². The second kappa shape index (κ2) is 9.86. The topological polar surface area (TPSA) is 40.5 Å². The summed E-state index contributed by atoms with van der Waals surface area (Å²) in [4.78, 5) is 0. The van der Waals surface area contributed by atoms with Crippen LogP contribution in [0.5, 0.6) is 11.5 Å². The molecule has 2 nitrogen and oxygen atoms in total. The van der Waals surface area contributed by atoms with Crippen LogP contribution in [0.25, 0.3) is 0 Å². The van der Waals surface area contributed by atoms with Crippen LogP contribution in [0.15, 0.2) is 66.3 Å². The van der Waals surface area contributed by atoms with Crippen LogP contribution >= 0.6 is 0 Å². The maximum absolute atomic E-state index is 10.3. The number of phenolic OH excluding ortho intramolecular Hbond substituents is 2. The summed E-state index contributed by atoms with van der Waals surface area (Å²) in [5, 5.41) is 20.7. The minimum Gasteiger partial charge on any atom is -0.508 e. The van der Waals surface area contributed by atoms with Gasteiger partial charge in [0.1, 0.15) is 11.5 Å². The SMILES string of the molecule is C=C(C)CCC/C(C)=C\Cc1c(O)cc(CCc2ccccc2)cc1O. The molecule has 2 N–H and O–H groups in total. The van der Waals surface area contributed by atoms with Crippen LogP contribution in [-0.2, 0) is 19.3 Å². The Balaban J connectivity index is 1.96. The van der Waals surface area contributed by atoms with Gasteiger partial charge in [-0.3, -0.25) is 0 Å². The highest BCUT2D eigenvalue weighted by molar-refractivity contribution is 5.48. The molecule has 0 radical (unpaired) electrons. The van der Waals surface area contributed by atoms with Crippen LogP contribution in [0.2, 0.25) is 0 Å². The van der Waals surface area contributed by atoms with E-state index in [0.29, 0.717) is 12.0 Å². The molecule has 0 aromatic heterocycles. The number of allylic oxidation sites excluding steroid dienone is 3. The van der Waals surface area contributed by atoms with Crippen molar-refractivity contribution in [2.75, 3.05) is 0 Å². The Bertz CT molecular complexity index is 734. The van der Waals surface area contributed by atoms with E-state index in [1.54, 1.807) is 12.1 Å². The van der Waals surface area contributed by atoms with E-state index >= 15 is 0 Å². The monoisotopic (exact) mass is 350 g/mol. The molecule has 0 atom stereocenters. The van der Waals surface area contributed by atoms with Crippen molar-refractivity contribution in [1.29, 1.82) is 0 Å². The lowest BCUT2D eigenvalue weighted by atomic mass is 9.99. The molecule has 2 rings (SSSR count). The molecule has 2 aromatic carbocycles. The molecule has 2 heteroatoms. The Morgan fingerprint density at radius 3 is 2.15 bits per heavy atom. The van der Waals surface area contributed by atoms with Crippen LogP contribution in [0.3, 0.4) is 0 Å². The first-order valence-corrected chi connectivity index (χ1v) is 9.33. The van der Waals surface area contributed by atoms with Gasteiger partial charge in [-0.2, -0.15) is 0 Å². The standard InChI is InChI=1S/C24H30O2/c1-18(2)8-7-9-19(3)12-15-22-23(25)16-21(17-24(22)26)14-13-20-10-5-4-6-11-20/h4-6,10-12,16-17,25-26H,1,7-9,13-15H2,2-3H3/b19-12-. The highest BCUT2D eigenvalue weighted by Gasteiger charge is 2.09. The first kappa shape index (κ1) is 19.8. The number of aryl methyl sites for hydroxylation is 2.